The van der Waals surface area contributed by atoms with E-state index in [0.29, 0.717) is 6.04 Å². The van der Waals surface area contributed by atoms with Gasteiger partial charge in [0.2, 0.25) is 0 Å². The van der Waals surface area contributed by atoms with Crippen molar-refractivity contribution in [3.63, 3.8) is 0 Å². The highest BCUT2D eigenvalue weighted by Crippen LogP contribution is 2.29. The molecule has 1 aromatic heterocycles. The van der Waals surface area contributed by atoms with E-state index in [1.165, 1.54) is 38.8 Å². The number of fused-ring (bicyclic) bond motifs is 1. The number of hydrogen-bond acceptors (Lipinski definition) is 3. The van der Waals surface area contributed by atoms with Crippen molar-refractivity contribution in [1.82, 2.24) is 9.88 Å². The van der Waals surface area contributed by atoms with E-state index in [0.717, 1.165) is 16.8 Å². The molecule has 1 N–H and O–H groups in total. The molecular weight excluding hydrogens is 234 g/mol. The second-order valence-electron chi connectivity index (χ2n) is 5.05. The van der Waals surface area contributed by atoms with Gasteiger partial charge in [0.1, 0.15) is 0 Å². The van der Waals surface area contributed by atoms with E-state index in [2.05, 4.69) is 15.2 Å². The number of hydrogen-bond donors (Lipinski definition) is 1. The summed E-state index contributed by atoms with van der Waals surface area (Å²) in [4.78, 5) is 6.64. The quantitative estimate of drug-likeness (QED) is 0.876. The van der Waals surface area contributed by atoms with Crippen LogP contribution in [0.2, 0.25) is 5.02 Å². The molecule has 2 aliphatic rings. The molecule has 0 aliphatic carbocycles. The van der Waals surface area contributed by atoms with Crippen LogP contribution in [0.5, 0.6) is 0 Å². The molecular formula is C13H18ClN3. The summed E-state index contributed by atoms with van der Waals surface area (Å²) >= 11 is 6.12. The highest BCUT2D eigenvalue weighted by molar-refractivity contribution is 6.33. The summed E-state index contributed by atoms with van der Waals surface area (Å²) in [5, 5.41) is 4.29. The van der Waals surface area contributed by atoms with E-state index >= 15 is 0 Å². The monoisotopic (exact) mass is 251 g/mol. The molecule has 4 heteroatoms. The highest BCUT2D eigenvalue weighted by atomic mass is 35.5. The van der Waals surface area contributed by atoms with Crippen molar-refractivity contribution in [2.75, 3.05) is 18.4 Å². The lowest BCUT2D eigenvalue weighted by Gasteiger charge is -2.35. The van der Waals surface area contributed by atoms with Crippen LogP contribution in [-0.4, -0.2) is 35.1 Å². The van der Waals surface area contributed by atoms with Gasteiger partial charge in [0.15, 0.2) is 0 Å². The Hall–Kier alpha value is -0.800. The van der Waals surface area contributed by atoms with Gasteiger partial charge in [-0.1, -0.05) is 11.6 Å². The van der Waals surface area contributed by atoms with Crippen molar-refractivity contribution in [1.29, 1.82) is 0 Å². The normalized spacial score (nSPS) is 29.0. The summed E-state index contributed by atoms with van der Waals surface area (Å²) in [5.74, 6) is 0. The van der Waals surface area contributed by atoms with Gasteiger partial charge >= 0.3 is 0 Å². The van der Waals surface area contributed by atoms with Gasteiger partial charge in [-0.15, -0.1) is 0 Å². The fourth-order valence-electron chi connectivity index (χ4n) is 3.07. The molecule has 17 heavy (non-hydrogen) atoms. The zero-order valence-corrected chi connectivity index (χ0v) is 10.7. The van der Waals surface area contributed by atoms with E-state index in [4.69, 9.17) is 11.6 Å². The van der Waals surface area contributed by atoms with Crippen LogP contribution in [-0.2, 0) is 0 Å². The number of rotatable bonds is 2. The van der Waals surface area contributed by atoms with E-state index < -0.39 is 0 Å². The Balaban J connectivity index is 1.64. The average molecular weight is 252 g/mol. The number of nitrogens with zero attached hydrogens (tertiary/aromatic N) is 2. The van der Waals surface area contributed by atoms with Crippen LogP contribution < -0.4 is 5.32 Å². The van der Waals surface area contributed by atoms with Gasteiger partial charge in [-0.25, -0.2) is 0 Å². The summed E-state index contributed by atoms with van der Waals surface area (Å²) in [7, 11) is 0. The lowest BCUT2D eigenvalue weighted by Crippen LogP contribution is -2.42. The maximum absolute atomic E-state index is 6.12. The van der Waals surface area contributed by atoms with Gasteiger partial charge in [0, 0.05) is 31.0 Å². The van der Waals surface area contributed by atoms with Crippen LogP contribution in [0.4, 0.5) is 5.69 Å². The molecule has 2 saturated heterocycles. The Morgan fingerprint density at radius 1 is 1.35 bits per heavy atom. The van der Waals surface area contributed by atoms with Crippen LogP contribution in [0.15, 0.2) is 18.5 Å². The van der Waals surface area contributed by atoms with E-state index in [-0.39, 0.29) is 0 Å². The predicted molar refractivity (Wildman–Crippen MR) is 70.5 cm³/mol. The van der Waals surface area contributed by atoms with Gasteiger partial charge in [-0.2, -0.15) is 0 Å². The summed E-state index contributed by atoms with van der Waals surface area (Å²) in [6.45, 7) is 2.53. The van der Waals surface area contributed by atoms with Gasteiger partial charge in [-0.05, 0) is 38.3 Å². The predicted octanol–water partition coefficient (Wildman–Crippen LogP) is 2.77. The summed E-state index contributed by atoms with van der Waals surface area (Å²) in [6, 6.07) is 3.32. The highest BCUT2D eigenvalue weighted by Gasteiger charge is 2.31. The first-order valence-electron chi connectivity index (χ1n) is 6.43. The smallest absolute Gasteiger partial charge is 0.0820 e. The molecule has 92 valence electrons. The Labute approximate surface area is 107 Å². The first kappa shape index (κ1) is 11.3. The molecule has 3 heterocycles. The Kier molecular flexibility index (Phi) is 3.21. The van der Waals surface area contributed by atoms with Crippen molar-refractivity contribution < 1.29 is 0 Å². The Morgan fingerprint density at radius 2 is 2.29 bits per heavy atom. The first-order valence-corrected chi connectivity index (χ1v) is 6.81. The second-order valence-corrected chi connectivity index (χ2v) is 5.46. The SMILES string of the molecule is Clc1cnccc1NC1CCN2CCCC2C1. The third kappa shape index (κ3) is 2.40. The molecule has 3 rings (SSSR count). The molecule has 2 aliphatic heterocycles. The minimum Gasteiger partial charge on any atom is -0.381 e. The molecule has 0 amide bonds. The standard InChI is InChI=1S/C13H18ClN3/c14-12-9-15-5-3-13(12)16-10-4-7-17-6-1-2-11(17)8-10/h3,5,9-11H,1-2,4,6-8H2,(H,15,16). The van der Waals surface area contributed by atoms with Gasteiger partial charge < -0.3 is 10.2 Å². The van der Waals surface area contributed by atoms with E-state index in [1.54, 1.807) is 12.4 Å². The maximum Gasteiger partial charge on any atom is 0.0820 e. The van der Waals surface area contributed by atoms with Gasteiger partial charge in [-0.3, -0.25) is 4.98 Å². The fourth-order valence-corrected chi connectivity index (χ4v) is 3.24. The van der Waals surface area contributed by atoms with Crippen molar-refractivity contribution in [2.24, 2.45) is 0 Å². The van der Waals surface area contributed by atoms with Gasteiger partial charge in [0.25, 0.3) is 0 Å². The lowest BCUT2D eigenvalue weighted by molar-refractivity contribution is 0.188. The van der Waals surface area contributed by atoms with Crippen molar-refractivity contribution in [2.45, 2.75) is 37.8 Å². The molecule has 0 saturated carbocycles. The van der Waals surface area contributed by atoms with Gasteiger partial charge in [0.05, 0.1) is 10.7 Å². The lowest BCUT2D eigenvalue weighted by atomic mass is 9.97. The Morgan fingerprint density at radius 3 is 3.18 bits per heavy atom. The molecule has 0 radical (unpaired) electrons. The third-order valence-corrected chi connectivity index (χ3v) is 4.25. The zero-order valence-electron chi connectivity index (χ0n) is 9.90. The first-order chi connectivity index (χ1) is 8.33. The summed E-state index contributed by atoms with van der Waals surface area (Å²) in [6.07, 6.45) is 8.69. The molecule has 2 unspecified atom stereocenters. The second kappa shape index (κ2) is 4.83. The molecule has 0 bridgehead atoms. The van der Waals surface area contributed by atoms with Crippen molar-refractivity contribution in [3.8, 4) is 0 Å². The molecule has 3 nitrogen and oxygen atoms in total. The number of halogens is 1. The zero-order chi connectivity index (χ0) is 11.7. The van der Waals surface area contributed by atoms with E-state index in [1.807, 2.05) is 6.07 Å². The molecule has 2 fully saturated rings. The largest absolute Gasteiger partial charge is 0.381 e. The van der Waals surface area contributed by atoms with Crippen LogP contribution in [0.1, 0.15) is 25.7 Å². The Bertz CT molecular complexity index is 396. The van der Waals surface area contributed by atoms with Crippen LogP contribution >= 0.6 is 11.6 Å². The van der Waals surface area contributed by atoms with Crippen LogP contribution in [0.3, 0.4) is 0 Å². The molecule has 1 aromatic rings. The van der Waals surface area contributed by atoms with E-state index in [9.17, 15) is 0 Å². The minimum atomic E-state index is 0.564. The number of aromatic nitrogens is 1. The molecule has 2 atom stereocenters. The van der Waals surface area contributed by atoms with Crippen LogP contribution in [0, 0.1) is 0 Å². The molecule has 0 spiro atoms. The summed E-state index contributed by atoms with van der Waals surface area (Å²) in [5.41, 5.74) is 1.03. The van der Waals surface area contributed by atoms with Crippen LogP contribution in [0.25, 0.3) is 0 Å². The maximum atomic E-state index is 6.12. The van der Waals surface area contributed by atoms with Crippen molar-refractivity contribution >= 4 is 17.3 Å². The number of anilines is 1. The number of nitrogens with one attached hydrogen (secondary N) is 1. The number of piperidine rings is 1. The number of pyridine rings is 1. The third-order valence-electron chi connectivity index (χ3n) is 3.95. The minimum absolute atomic E-state index is 0.564. The molecule has 0 aromatic carbocycles. The topological polar surface area (TPSA) is 28.2 Å². The van der Waals surface area contributed by atoms with Crippen molar-refractivity contribution in [3.05, 3.63) is 23.5 Å². The average Bonchev–Trinajstić information content (AvgIpc) is 2.79. The fraction of sp³-hybridized carbons (Fsp3) is 0.615. The summed E-state index contributed by atoms with van der Waals surface area (Å²) < 4.78 is 0.